The lowest BCUT2D eigenvalue weighted by Crippen LogP contribution is -2.34. The molecule has 0 saturated carbocycles. The largest absolute Gasteiger partial charge is 0.416 e. The van der Waals surface area contributed by atoms with Gasteiger partial charge in [0.25, 0.3) is 0 Å². The van der Waals surface area contributed by atoms with Gasteiger partial charge in [0.2, 0.25) is 5.91 Å². The van der Waals surface area contributed by atoms with Crippen molar-refractivity contribution in [2.45, 2.75) is 31.5 Å². The number of rotatable bonds is 7. The van der Waals surface area contributed by atoms with E-state index in [1.807, 2.05) is 37.3 Å². The summed E-state index contributed by atoms with van der Waals surface area (Å²) in [6.45, 7) is 2.25. The van der Waals surface area contributed by atoms with Crippen LogP contribution in [0.3, 0.4) is 0 Å². The van der Waals surface area contributed by atoms with Gasteiger partial charge >= 0.3 is 6.18 Å². The molecule has 1 aliphatic heterocycles. The van der Waals surface area contributed by atoms with Gasteiger partial charge < -0.3 is 16.4 Å². The number of nitrogens with two attached hydrogens (primary N) is 1. The van der Waals surface area contributed by atoms with E-state index in [-0.39, 0.29) is 17.9 Å². The molecule has 1 amide bonds. The fraction of sp³-hybridized carbons (Fsp3) is 0.250. The predicted molar refractivity (Wildman–Crippen MR) is 125 cm³/mol. The molecule has 2 aromatic carbocycles. The number of alkyl halides is 3. The number of thiazole rings is 1. The Morgan fingerprint density at radius 3 is 2.70 bits per heavy atom. The van der Waals surface area contributed by atoms with Crippen molar-refractivity contribution in [1.82, 2.24) is 4.98 Å². The number of hydrogen-bond donors (Lipinski definition) is 3. The molecule has 0 fully saturated rings. The van der Waals surface area contributed by atoms with Gasteiger partial charge in [0, 0.05) is 30.4 Å². The summed E-state index contributed by atoms with van der Waals surface area (Å²) in [4.78, 5) is 16.9. The molecule has 1 aromatic heterocycles. The molecule has 0 bridgehead atoms. The molecule has 0 aliphatic carbocycles. The third-order valence-electron chi connectivity index (χ3n) is 5.49. The maximum Gasteiger partial charge on any atom is 0.416 e. The van der Waals surface area contributed by atoms with Crippen LogP contribution in [0.25, 0.3) is 10.4 Å². The van der Waals surface area contributed by atoms with Crippen LogP contribution < -0.4 is 16.4 Å². The zero-order chi connectivity index (χ0) is 23.6. The molecule has 2 atom stereocenters. The summed E-state index contributed by atoms with van der Waals surface area (Å²) in [5.74, 6) is -0.252. The number of nitrogens with one attached hydrogen (secondary N) is 2. The zero-order valence-electron chi connectivity index (χ0n) is 17.8. The Labute approximate surface area is 193 Å². The first-order valence-electron chi connectivity index (χ1n) is 10.4. The number of nitrogens with zero attached hydrogens (tertiary/aromatic N) is 1. The number of halogens is 3. The number of fused-ring (bicyclic) bond motifs is 1. The quantitative estimate of drug-likeness (QED) is 0.401. The molecule has 0 radical (unpaired) electrons. The number of hydrogen-bond acceptors (Lipinski definition) is 5. The number of carbonyl (C=O) groups is 1. The van der Waals surface area contributed by atoms with E-state index in [4.69, 9.17) is 5.73 Å². The van der Waals surface area contributed by atoms with Crippen LogP contribution in [0, 0.1) is 0 Å². The number of anilines is 2. The Kier molecular flexibility index (Phi) is 6.53. The second-order valence-corrected chi connectivity index (χ2v) is 8.87. The van der Waals surface area contributed by atoms with Gasteiger partial charge in [-0.1, -0.05) is 41.7 Å². The Morgan fingerprint density at radius 2 is 2.00 bits per heavy atom. The van der Waals surface area contributed by atoms with Gasteiger partial charge in [0.1, 0.15) is 0 Å². The summed E-state index contributed by atoms with van der Waals surface area (Å²) in [6, 6.07) is 10.6. The van der Waals surface area contributed by atoms with Crippen LogP contribution in [0.15, 0.2) is 60.8 Å². The third kappa shape index (κ3) is 5.26. The van der Waals surface area contributed by atoms with E-state index in [0.29, 0.717) is 18.1 Å². The van der Waals surface area contributed by atoms with Crippen molar-refractivity contribution < 1.29 is 18.0 Å². The summed E-state index contributed by atoms with van der Waals surface area (Å²) >= 11 is 1.47. The smallest absolute Gasteiger partial charge is 0.360 e. The van der Waals surface area contributed by atoms with E-state index in [1.54, 1.807) is 6.20 Å². The zero-order valence-corrected chi connectivity index (χ0v) is 18.6. The van der Waals surface area contributed by atoms with Crippen molar-refractivity contribution in [3.8, 4) is 10.4 Å². The number of amides is 1. The summed E-state index contributed by atoms with van der Waals surface area (Å²) in [6.07, 6.45) is 1.51. The highest BCUT2D eigenvalue weighted by atomic mass is 32.1. The van der Waals surface area contributed by atoms with Gasteiger partial charge in [0.05, 0.1) is 16.9 Å². The van der Waals surface area contributed by atoms with Gasteiger partial charge in [0.15, 0.2) is 5.13 Å². The second kappa shape index (κ2) is 9.36. The van der Waals surface area contributed by atoms with Gasteiger partial charge in [-0.15, -0.1) is 0 Å². The second-order valence-electron chi connectivity index (χ2n) is 7.84. The minimum Gasteiger partial charge on any atom is -0.360 e. The highest BCUT2D eigenvalue weighted by molar-refractivity contribution is 7.18. The standard InChI is InChI=1S/C24H23F3N4OS/c1-2-3-18(14-4-7-17(8-5-14)24(25,26)27)19(28)12-29-23-30-13-21(33-23)15-6-9-20-16(10-15)11-22(32)31-20/h2-10,13,18-19H,11-12,28H2,1H3,(H,29,30)(H,31,32)/t18-,19+/m0/s1. The molecule has 2 heterocycles. The lowest BCUT2D eigenvalue weighted by atomic mass is 9.90. The van der Waals surface area contributed by atoms with E-state index < -0.39 is 11.7 Å². The number of allylic oxidation sites excluding steroid dienone is 1. The van der Waals surface area contributed by atoms with Gasteiger partial charge in [-0.05, 0) is 47.9 Å². The van der Waals surface area contributed by atoms with Crippen molar-refractivity contribution in [2.75, 3.05) is 17.2 Å². The molecule has 0 spiro atoms. The van der Waals surface area contributed by atoms with Gasteiger partial charge in [-0.2, -0.15) is 13.2 Å². The number of benzene rings is 2. The average molecular weight is 473 g/mol. The molecule has 0 unspecified atom stereocenters. The molecule has 9 heteroatoms. The number of aromatic nitrogens is 1. The van der Waals surface area contributed by atoms with Crippen LogP contribution in [0.2, 0.25) is 0 Å². The number of carbonyl (C=O) groups excluding carboxylic acids is 1. The molecule has 172 valence electrons. The molecule has 1 aliphatic rings. The van der Waals surface area contributed by atoms with Crippen LogP contribution in [0.4, 0.5) is 24.0 Å². The van der Waals surface area contributed by atoms with E-state index in [9.17, 15) is 18.0 Å². The van der Waals surface area contributed by atoms with Gasteiger partial charge in [-0.25, -0.2) is 4.98 Å². The molecule has 3 aromatic rings. The van der Waals surface area contributed by atoms with Crippen LogP contribution in [-0.2, 0) is 17.4 Å². The minimum atomic E-state index is -4.37. The lowest BCUT2D eigenvalue weighted by Gasteiger charge is -2.22. The van der Waals surface area contributed by atoms with E-state index in [1.165, 1.54) is 23.5 Å². The summed E-state index contributed by atoms with van der Waals surface area (Å²) in [7, 11) is 0. The first-order chi connectivity index (χ1) is 15.7. The van der Waals surface area contributed by atoms with Crippen LogP contribution >= 0.6 is 11.3 Å². The SMILES string of the molecule is CC=C[C@@H](c1ccc(C(F)(F)F)cc1)[C@H](N)CNc1ncc(-c2ccc3c(c2)CC(=O)N3)s1. The van der Waals surface area contributed by atoms with Crippen molar-refractivity contribution in [1.29, 1.82) is 0 Å². The summed E-state index contributed by atoms with van der Waals surface area (Å²) in [5, 5.41) is 6.76. The van der Waals surface area contributed by atoms with E-state index in [0.717, 1.165) is 39.4 Å². The maximum atomic E-state index is 12.9. The molecular weight excluding hydrogens is 449 g/mol. The molecule has 33 heavy (non-hydrogen) atoms. The van der Waals surface area contributed by atoms with Crippen molar-refractivity contribution in [2.24, 2.45) is 5.73 Å². The average Bonchev–Trinajstić information content (AvgIpc) is 3.40. The molecule has 4 rings (SSSR count). The van der Waals surface area contributed by atoms with Crippen molar-refractivity contribution in [3.05, 3.63) is 77.5 Å². The fourth-order valence-corrected chi connectivity index (χ4v) is 4.63. The Bertz CT molecular complexity index is 1170. The van der Waals surface area contributed by atoms with Crippen LogP contribution in [0.1, 0.15) is 29.5 Å². The highest BCUT2D eigenvalue weighted by Crippen LogP contribution is 2.34. The molecule has 5 nitrogen and oxygen atoms in total. The summed E-state index contributed by atoms with van der Waals surface area (Å²) in [5.41, 5.74) is 9.23. The van der Waals surface area contributed by atoms with Crippen molar-refractivity contribution >= 4 is 28.1 Å². The van der Waals surface area contributed by atoms with E-state index in [2.05, 4.69) is 15.6 Å². The molecule has 0 saturated heterocycles. The third-order valence-corrected chi connectivity index (χ3v) is 6.50. The predicted octanol–water partition coefficient (Wildman–Crippen LogP) is 5.42. The minimum absolute atomic E-state index is 0.00785. The maximum absolute atomic E-state index is 12.9. The Hall–Kier alpha value is -3.17. The fourth-order valence-electron chi connectivity index (χ4n) is 3.81. The Balaban J connectivity index is 1.42. The van der Waals surface area contributed by atoms with Crippen LogP contribution in [-0.4, -0.2) is 23.5 Å². The molecular formula is C24H23F3N4OS. The van der Waals surface area contributed by atoms with Crippen LogP contribution in [0.5, 0.6) is 0 Å². The van der Waals surface area contributed by atoms with Crippen molar-refractivity contribution in [3.63, 3.8) is 0 Å². The molecule has 4 N–H and O–H groups in total. The first kappa shape index (κ1) is 23.0. The monoisotopic (exact) mass is 472 g/mol. The Morgan fingerprint density at radius 1 is 1.24 bits per heavy atom. The first-order valence-corrected chi connectivity index (χ1v) is 11.2. The van der Waals surface area contributed by atoms with E-state index >= 15 is 0 Å². The lowest BCUT2D eigenvalue weighted by molar-refractivity contribution is -0.137. The normalized spacial score (nSPS) is 15.4. The highest BCUT2D eigenvalue weighted by Gasteiger charge is 2.30. The summed E-state index contributed by atoms with van der Waals surface area (Å²) < 4.78 is 38.6. The van der Waals surface area contributed by atoms with Gasteiger partial charge in [-0.3, -0.25) is 4.79 Å². The topological polar surface area (TPSA) is 80.0 Å².